The molecule has 1 aromatic heterocycles. The largest absolute Gasteiger partial charge is 0.378 e. The Balaban J connectivity index is 1.10. The second kappa shape index (κ2) is 14.5. The van der Waals surface area contributed by atoms with Crippen LogP contribution in [0.5, 0.6) is 0 Å². The van der Waals surface area contributed by atoms with Crippen LogP contribution in [0, 0.1) is 13.8 Å². The summed E-state index contributed by atoms with van der Waals surface area (Å²) in [5.41, 5.74) is 5.80. The summed E-state index contributed by atoms with van der Waals surface area (Å²) in [7, 11) is 0. The van der Waals surface area contributed by atoms with Crippen LogP contribution in [0.25, 0.3) is 0 Å². The minimum atomic E-state index is -0.176. The standard InChI is InChI=1S/C38H50N6O3/c1-28(36(45)42-22-24-47-25-23-42)32-10-12-33(13-11-32)44(26-31-8-6-5-7-9-31)34-14-18-43(19-15-34)38(4)16-20-41(21-17-38)37(46)35-29(2)39-27-40-30(35)3/h5-13,27-28,34H,14-26H2,1-4H3/t28-/m0/s1. The van der Waals surface area contributed by atoms with Crippen LogP contribution in [0.4, 0.5) is 5.69 Å². The van der Waals surface area contributed by atoms with E-state index >= 15 is 0 Å². The van der Waals surface area contributed by atoms with Crippen molar-refractivity contribution in [2.75, 3.05) is 57.4 Å². The Bertz CT molecular complexity index is 1490. The van der Waals surface area contributed by atoms with E-state index in [-0.39, 0.29) is 23.3 Å². The highest BCUT2D eigenvalue weighted by atomic mass is 16.5. The lowest BCUT2D eigenvalue weighted by atomic mass is 9.85. The Kier molecular flexibility index (Phi) is 10.2. The molecule has 0 saturated carbocycles. The number of morpholine rings is 1. The van der Waals surface area contributed by atoms with E-state index in [0.717, 1.165) is 75.4 Å². The Labute approximate surface area is 279 Å². The highest BCUT2D eigenvalue weighted by Crippen LogP contribution is 2.35. The fraction of sp³-hybridized carbons (Fsp3) is 0.526. The summed E-state index contributed by atoms with van der Waals surface area (Å²) < 4.78 is 5.45. The van der Waals surface area contributed by atoms with Crippen LogP contribution in [0.2, 0.25) is 0 Å². The molecule has 3 aliphatic rings. The van der Waals surface area contributed by atoms with Crippen molar-refractivity contribution in [2.24, 2.45) is 0 Å². The van der Waals surface area contributed by atoms with E-state index in [1.54, 1.807) is 0 Å². The van der Waals surface area contributed by atoms with Crippen molar-refractivity contribution in [1.82, 2.24) is 24.7 Å². The molecule has 9 nitrogen and oxygen atoms in total. The number of amides is 2. The Morgan fingerprint density at radius 1 is 0.872 bits per heavy atom. The highest BCUT2D eigenvalue weighted by molar-refractivity contribution is 5.96. The molecule has 0 aliphatic carbocycles. The molecular weight excluding hydrogens is 588 g/mol. The zero-order chi connectivity index (χ0) is 33.0. The molecule has 6 rings (SSSR count). The number of ether oxygens (including phenoxy) is 1. The van der Waals surface area contributed by atoms with E-state index in [1.807, 2.05) is 30.6 Å². The van der Waals surface area contributed by atoms with Crippen molar-refractivity contribution in [3.05, 3.63) is 89.0 Å². The predicted molar refractivity (Wildman–Crippen MR) is 185 cm³/mol. The number of aryl methyl sites for hydroxylation is 2. The number of hydrogen-bond donors (Lipinski definition) is 0. The molecule has 4 heterocycles. The smallest absolute Gasteiger partial charge is 0.257 e. The number of carbonyl (C=O) groups excluding carboxylic acids is 2. The van der Waals surface area contributed by atoms with Crippen molar-refractivity contribution >= 4 is 17.5 Å². The van der Waals surface area contributed by atoms with Gasteiger partial charge in [-0.05, 0) is 76.6 Å². The number of hydrogen-bond acceptors (Lipinski definition) is 7. The molecule has 250 valence electrons. The van der Waals surface area contributed by atoms with Gasteiger partial charge in [0.2, 0.25) is 5.91 Å². The lowest BCUT2D eigenvalue weighted by Crippen LogP contribution is -2.58. The van der Waals surface area contributed by atoms with Gasteiger partial charge in [0.1, 0.15) is 6.33 Å². The molecule has 47 heavy (non-hydrogen) atoms. The van der Waals surface area contributed by atoms with Gasteiger partial charge in [-0.1, -0.05) is 42.5 Å². The fourth-order valence-corrected chi connectivity index (χ4v) is 7.65. The second-order valence-electron chi connectivity index (χ2n) is 13.8. The summed E-state index contributed by atoms with van der Waals surface area (Å²) in [4.78, 5) is 44.3. The Hall–Kier alpha value is -3.82. The Morgan fingerprint density at radius 2 is 1.49 bits per heavy atom. The summed E-state index contributed by atoms with van der Waals surface area (Å²) in [6, 6.07) is 19.8. The fourth-order valence-electron chi connectivity index (χ4n) is 7.65. The van der Waals surface area contributed by atoms with E-state index in [4.69, 9.17) is 4.74 Å². The van der Waals surface area contributed by atoms with Gasteiger partial charge < -0.3 is 19.4 Å². The van der Waals surface area contributed by atoms with Gasteiger partial charge in [0.15, 0.2) is 0 Å². The average Bonchev–Trinajstić information content (AvgIpc) is 3.11. The minimum Gasteiger partial charge on any atom is -0.378 e. The van der Waals surface area contributed by atoms with Crippen molar-refractivity contribution in [3.63, 3.8) is 0 Å². The van der Waals surface area contributed by atoms with E-state index < -0.39 is 0 Å². The van der Waals surface area contributed by atoms with Crippen LogP contribution < -0.4 is 4.90 Å². The molecule has 3 saturated heterocycles. The first-order valence-electron chi connectivity index (χ1n) is 17.3. The Morgan fingerprint density at radius 3 is 2.11 bits per heavy atom. The number of anilines is 1. The van der Waals surface area contributed by atoms with Crippen LogP contribution in [-0.4, -0.2) is 101 Å². The maximum Gasteiger partial charge on any atom is 0.257 e. The SMILES string of the molecule is Cc1ncnc(C)c1C(=O)N1CCC(C)(N2CCC(N(Cc3ccccc3)c3ccc([C@H](C)C(=O)N4CCOCC4)cc3)CC2)CC1. The molecule has 0 radical (unpaired) electrons. The number of likely N-dealkylation sites (tertiary alicyclic amines) is 2. The zero-order valence-corrected chi connectivity index (χ0v) is 28.5. The topological polar surface area (TPSA) is 82.1 Å². The van der Waals surface area contributed by atoms with Crippen molar-refractivity contribution < 1.29 is 14.3 Å². The van der Waals surface area contributed by atoms with Gasteiger partial charge in [-0.15, -0.1) is 0 Å². The first kappa shape index (κ1) is 33.1. The van der Waals surface area contributed by atoms with Gasteiger partial charge in [0, 0.05) is 63.1 Å². The van der Waals surface area contributed by atoms with Crippen molar-refractivity contribution in [1.29, 1.82) is 0 Å². The molecule has 2 amide bonds. The first-order valence-corrected chi connectivity index (χ1v) is 17.3. The number of benzene rings is 2. The number of rotatable bonds is 8. The summed E-state index contributed by atoms with van der Waals surface area (Å²) in [6.07, 6.45) is 5.62. The number of nitrogens with zero attached hydrogens (tertiary/aromatic N) is 6. The van der Waals surface area contributed by atoms with Crippen molar-refractivity contribution in [3.8, 4) is 0 Å². The van der Waals surface area contributed by atoms with E-state index in [0.29, 0.717) is 37.9 Å². The van der Waals surface area contributed by atoms with Crippen LogP contribution in [-0.2, 0) is 16.1 Å². The highest BCUT2D eigenvalue weighted by Gasteiger charge is 2.40. The third-order valence-electron chi connectivity index (χ3n) is 10.9. The van der Waals surface area contributed by atoms with Crippen molar-refractivity contribution in [2.45, 2.75) is 77.4 Å². The quantitative estimate of drug-likeness (QED) is 0.335. The van der Waals surface area contributed by atoms with E-state index in [9.17, 15) is 9.59 Å². The molecule has 1 atom stereocenters. The maximum absolute atomic E-state index is 13.4. The molecule has 3 fully saturated rings. The predicted octanol–water partition coefficient (Wildman–Crippen LogP) is 5.22. The molecule has 9 heteroatoms. The third-order valence-corrected chi connectivity index (χ3v) is 10.9. The lowest BCUT2D eigenvalue weighted by molar-refractivity contribution is -0.136. The van der Waals surface area contributed by atoms with Crippen LogP contribution in [0.15, 0.2) is 60.9 Å². The van der Waals surface area contributed by atoms with Gasteiger partial charge in [-0.2, -0.15) is 0 Å². The molecule has 3 aromatic rings. The minimum absolute atomic E-state index is 0.0591. The molecule has 0 bridgehead atoms. The first-order chi connectivity index (χ1) is 22.7. The normalized spacial score (nSPS) is 19.7. The van der Waals surface area contributed by atoms with E-state index in [1.165, 1.54) is 17.6 Å². The number of piperidine rings is 2. The molecule has 0 unspecified atom stereocenters. The lowest BCUT2D eigenvalue weighted by Gasteiger charge is -2.50. The molecule has 0 spiro atoms. The van der Waals surface area contributed by atoms with Gasteiger partial charge in [0.25, 0.3) is 5.91 Å². The number of carbonyl (C=O) groups is 2. The second-order valence-corrected chi connectivity index (χ2v) is 13.8. The summed E-state index contributed by atoms with van der Waals surface area (Å²) in [6.45, 7) is 15.2. The summed E-state index contributed by atoms with van der Waals surface area (Å²) >= 11 is 0. The summed E-state index contributed by atoms with van der Waals surface area (Å²) in [5, 5.41) is 0. The molecular formula is C38H50N6O3. The molecule has 3 aliphatic heterocycles. The third kappa shape index (κ3) is 7.36. The van der Waals surface area contributed by atoms with Crippen LogP contribution >= 0.6 is 0 Å². The zero-order valence-electron chi connectivity index (χ0n) is 28.5. The van der Waals surface area contributed by atoms with Gasteiger partial charge >= 0.3 is 0 Å². The monoisotopic (exact) mass is 638 g/mol. The molecule has 2 aromatic carbocycles. The van der Waals surface area contributed by atoms with Crippen LogP contribution in [0.3, 0.4) is 0 Å². The average molecular weight is 639 g/mol. The van der Waals surface area contributed by atoms with Crippen LogP contribution in [0.1, 0.15) is 78.3 Å². The number of aromatic nitrogens is 2. The maximum atomic E-state index is 13.4. The van der Waals surface area contributed by atoms with Gasteiger partial charge in [0.05, 0.1) is 36.1 Å². The summed E-state index contributed by atoms with van der Waals surface area (Å²) in [5.74, 6) is 0.0610. The van der Waals surface area contributed by atoms with Gasteiger partial charge in [-0.3, -0.25) is 14.5 Å². The van der Waals surface area contributed by atoms with E-state index in [2.05, 4.69) is 81.3 Å². The molecule has 0 N–H and O–H groups in total. The van der Waals surface area contributed by atoms with Gasteiger partial charge in [-0.25, -0.2) is 9.97 Å².